The second-order valence-corrected chi connectivity index (χ2v) is 3.32. The molecule has 0 saturated heterocycles. The van der Waals surface area contributed by atoms with Gasteiger partial charge in [0.1, 0.15) is 5.75 Å². The second-order valence-electron chi connectivity index (χ2n) is 2.16. The number of benzene rings is 1. The smallest absolute Gasteiger partial charge is 0.339 e. The molecule has 1 aromatic carbocycles. The van der Waals surface area contributed by atoms with E-state index in [1.165, 1.54) is 12.1 Å². The molecule has 12 heavy (non-hydrogen) atoms. The maximum Gasteiger partial charge on any atom is 0.339 e. The van der Waals surface area contributed by atoms with E-state index in [9.17, 15) is 4.79 Å². The van der Waals surface area contributed by atoms with Crippen molar-refractivity contribution in [1.82, 2.24) is 0 Å². The highest BCUT2D eigenvalue weighted by atomic mass is 127. The van der Waals surface area contributed by atoms with E-state index in [-0.39, 0.29) is 17.0 Å². The van der Waals surface area contributed by atoms with Crippen LogP contribution in [0.4, 0.5) is 5.69 Å². The molecule has 0 bridgehead atoms. The Morgan fingerprint density at radius 1 is 1.50 bits per heavy atom. The molecule has 0 aliphatic rings. The Labute approximate surface area is 82.1 Å². The molecule has 5 heteroatoms. The van der Waals surface area contributed by atoms with Gasteiger partial charge in [-0.2, -0.15) is 0 Å². The van der Waals surface area contributed by atoms with E-state index >= 15 is 0 Å². The average molecular weight is 279 g/mol. The number of phenolic OH excluding ortho intramolecular Hbond substituents is 1. The van der Waals surface area contributed by atoms with Crippen molar-refractivity contribution in [3.63, 3.8) is 0 Å². The van der Waals surface area contributed by atoms with Gasteiger partial charge >= 0.3 is 5.97 Å². The number of anilines is 1. The van der Waals surface area contributed by atoms with Gasteiger partial charge in [0.25, 0.3) is 0 Å². The van der Waals surface area contributed by atoms with Crippen LogP contribution in [0.2, 0.25) is 0 Å². The SMILES string of the molecule is Nc1c(O)ccc(I)c1C(=O)O. The summed E-state index contributed by atoms with van der Waals surface area (Å²) in [5.41, 5.74) is 5.21. The van der Waals surface area contributed by atoms with Gasteiger partial charge in [-0.3, -0.25) is 0 Å². The van der Waals surface area contributed by atoms with Crippen molar-refractivity contribution in [3.8, 4) is 5.75 Å². The number of hydrogen-bond donors (Lipinski definition) is 3. The molecule has 4 N–H and O–H groups in total. The summed E-state index contributed by atoms with van der Waals surface area (Å²) >= 11 is 1.85. The Morgan fingerprint density at radius 3 is 2.50 bits per heavy atom. The molecule has 0 aromatic heterocycles. The first-order valence-electron chi connectivity index (χ1n) is 3.04. The van der Waals surface area contributed by atoms with Gasteiger partial charge in [0.2, 0.25) is 0 Å². The van der Waals surface area contributed by atoms with Gasteiger partial charge in [-0.25, -0.2) is 4.79 Å². The molecule has 1 aromatic rings. The van der Waals surface area contributed by atoms with Crippen molar-refractivity contribution in [2.75, 3.05) is 5.73 Å². The summed E-state index contributed by atoms with van der Waals surface area (Å²) in [6.45, 7) is 0. The van der Waals surface area contributed by atoms with Crippen LogP contribution in [0.3, 0.4) is 0 Å². The number of nitrogen functional groups attached to an aromatic ring is 1. The average Bonchev–Trinajstić information content (AvgIpc) is 1.97. The Bertz CT molecular complexity index is 338. The quantitative estimate of drug-likeness (QED) is 0.411. The van der Waals surface area contributed by atoms with Crippen molar-refractivity contribution in [1.29, 1.82) is 0 Å². The third kappa shape index (κ3) is 1.45. The number of nitrogens with two attached hydrogens (primary N) is 1. The number of halogens is 1. The molecule has 0 aliphatic heterocycles. The normalized spacial score (nSPS) is 9.75. The van der Waals surface area contributed by atoms with Crippen LogP contribution in [-0.4, -0.2) is 16.2 Å². The van der Waals surface area contributed by atoms with E-state index in [0.29, 0.717) is 3.57 Å². The maximum absolute atomic E-state index is 10.6. The number of aromatic carboxylic acids is 1. The van der Waals surface area contributed by atoms with Crippen LogP contribution < -0.4 is 5.73 Å². The molecule has 0 amide bonds. The number of phenols is 1. The number of carboxylic acid groups (broad SMARTS) is 1. The third-order valence-corrected chi connectivity index (χ3v) is 2.28. The molecule has 0 aliphatic carbocycles. The molecule has 1 rings (SSSR count). The van der Waals surface area contributed by atoms with E-state index < -0.39 is 5.97 Å². The van der Waals surface area contributed by atoms with E-state index in [2.05, 4.69) is 0 Å². The van der Waals surface area contributed by atoms with Crippen molar-refractivity contribution in [2.45, 2.75) is 0 Å². The summed E-state index contributed by atoms with van der Waals surface area (Å²) in [5, 5.41) is 17.8. The van der Waals surface area contributed by atoms with Crippen LogP contribution in [0.25, 0.3) is 0 Å². The Hall–Kier alpha value is -0.980. The minimum Gasteiger partial charge on any atom is -0.506 e. The zero-order chi connectivity index (χ0) is 9.30. The monoisotopic (exact) mass is 279 g/mol. The zero-order valence-corrected chi connectivity index (χ0v) is 8.07. The summed E-state index contributed by atoms with van der Waals surface area (Å²) in [7, 11) is 0. The fraction of sp³-hybridized carbons (Fsp3) is 0. The molecular weight excluding hydrogens is 273 g/mol. The number of aromatic hydroxyl groups is 1. The molecule has 0 radical (unpaired) electrons. The Balaban J connectivity index is 3.43. The second kappa shape index (κ2) is 3.18. The largest absolute Gasteiger partial charge is 0.506 e. The number of rotatable bonds is 1. The topological polar surface area (TPSA) is 83.5 Å². The van der Waals surface area contributed by atoms with Crippen LogP contribution >= 0.6 is 22.6 Å². The lowest BCUT2D eigenvalue weighted by Gasteiger charge is -2.04. The number of carboxylic acids is 1. The minimum absolute atomic E-state index is 0.0457. The van der Waals surface area contributed by atoms with Gasteiger partial charge in [0.15, 0.2) is 0 Å². The van der Waals surface area contributed by atoms with E-state index in [1.54, 1.807) is 0 Å². The van der Waals surface area contributed by atoms with Gasteiger partial charge in [0, 0.05) is 3.57 Å². The summed E-state index contributed by atoms with van der Waals surface area (Å²) < 4.78 is 0.510. The third-order valence-electron chi connectivity index (χ3n) is 1.39. The van der Waals surface area contributed by atoms with E-state index in [1.807, 2.05) is 22.6 Å². The summed E-state index contributed by atoms with van der Waals surface area (Å²) in [6, 6.07) is 2.86. The highest BCUT2D eigenvalue weighted by Crippen LogP contribution is 2.27. The van der Waals surface area contributed by atoms with E-state index in [0.717, 1.165) is 0 Å². The van der Waals surface area contributed by atoms with E-state index in [4.69, 9.17) is 15.9 Å². The molecular formula is C7H6INO3. The first-order valence-corrected chi connectivity index (χ1v) is 4.12. The van der Waals surface area contributed by atoms with Gasteiger partial charge in [-0.05, 0) is 34.7 Å². The lowest BCUT2D eigenvalue weighted by Crippen LogP contribution is -2.04. The lowest BCUT2D eigenvalue weighted by atomic mass is 10.2. The molecule has 0 saturated carbocycles. The first kappa shape index (κ1) is 9.11. The predicted octanol–water partition coefficient (Wildman–Crippen LogP) is 1.28. The molecule has 0 atom stereocenters. The molecule has 0 unspecified atom stereocenters. The Kier molecular flexibility index (Phi) is 2.41. The number of hydrogen-bond acceptors (Lipinski definition) is 3. The fourth-order valence-corrected chi connectivity index (χ4v) is 1.50. The molecule has 0 fully saturated rings. The number of carbonyl (C=O) groups is 1. The van der Waals surface area contributed by atoms with Crippen LogP contribution in [0.5, 0.6) is 5.75 Å². The van der Waals surface area contributed by atoms with Crippen molar-refractivity contribution in [2.24, 2.45) is 0 Å². The predicted molar refractivity (Wildman–Crippen MR) is 52.2 cm³/mol. The lowest BCUT2D eigenvalue weighted by molar-refractivity contribution is 0.0696. The highest BCUT2D eigenvalue weighted by molar-refractivity contribution is 14.1. The molecule has 4 nitrogen and oxygen atoms in total. The van der Waals surface area contributed by atoms with Crippen molar-refractivity contribution < 1.29 is 15.0 Å². The minimum atomic E-state index is -1.13. The van der Waals surface area contributed by atoms with Crippen LogP contribution in [0.15, 0.2) is 12.1 Å². The Morgan fingerprint density at radius 2 is 2.08 bits per heavy atom. The fourth-order valence-electron chi connectivity index (χ4n) is 0.799. The van der Waals surface area contributed by atoms with Crippen LogP contribution in [0.1, 0.15) is 10.4 Å². The molecule has 0 heterocycles. The summed E-state index contributed by atoms with van der Waals surface area (Å²) in [5.74, 6) is -1.33. The highest BCUT2D eigenvalue weighted by Gasteiger charge is 2.14. The summed E-state index contributed by atoms with van der Waals surface area (Å²) in [6.07, 6.45) is 0. The van der Waals surface area contributed by atoms with Crippen LogP contribution in [-0.2, 0) is 0 Å². The van der Waals surface area contributed by atoms with Crippen molar-refractivity contribution in [3.05, 3.63) is 21.3 Å². The molecule has 64 valence electrons. The summed E-state index contributed by atoms with van der Waals surface area (Å²) in [4.78, 5) is 10.6. The van der Waals surface area contributed by atoms with Crippen molar-refractivity contribution >= 4 is 34.2 Å². The van der Waals surface area contributed by atoms with Gasteiger partial charge in [-0.1, -0.05) is 0 Å². The van der Waals surface area contributed by atoms with Gasteiger partial charge in [-0.15, -0.1) is 0 Å². The molecule has 0 spiro atoms. The van der Waals surface area contributed by atoms with Gasteiger partial charge < -0.3 is 15.9 Å². The standard InChI is InChI=1S/C7H6INO3/c8-3-1-2-4(10)6(9)5(3)7(11)12/h1-2,10H,9H2,(H,11,12). The first-order chi connectivity index (χ1) is 5.54. The zero-order valence-electron chi connectivity index (χ0n) is 5.91. The maximum atomic E-state index is 10.6. The van der Waals surface area contributed by atoms with Crippen LogP contribution in [0, 0.1) is 3.57 Å². The van der Waals surface area contributed by atoms with Gasteiger partial charge in [0.05, 0.1) is 11.3 Å².